The van der Waals surface area contributed by atoms with Gasteiger partial charge in [0, 0.05) is 11.9 Å². The lowest BCUT2D eigenvalue weighted by Gasteiger charge is -2.15. The first-order valence-corrected chi connectivity index (χ1v) is 7.99. The van der Waals surface area contributed by atoms with Crippen LogP contribution in [0, 0.1) is 0 Å². The van der Waals surface area contributed by atoms with Crippen molar-refractivity contribution in [3.8, 4) is 0 Å². The van der Waals surface area contributed by atoms with Gasteiger partial charge < -0.3 is 5.32 Å². The number of alkyl halides is 3. The zero-order valence-corrected chi connectivity index (χ0v) is 13.4. The van der Waals surface area contributed by atoms with Crippen molar-refractivity contribution in [3.05, 3.63) is 65.9 Å². The van der Waals surface area contributed by atoms with Crippen LogP contribution in [0.5, 0.6) is 0 Å². The van der Waals surface area contributed by atoms with Crippen molar-refractivity contribution < 1.29 is 13.2 Å². The molecule has 0 spiro atoms. The third kappa shape index (κ3) is 3.11. The summed E-state index contributed by atoms with van der Waals surface area (Å²) in [6, 6.07) is 16.3. The molecule has 0 saturated heterocycles. The number of fused-ring (bicyclic) bond motifs is 1. The van der Waals surface area contributed by atoms with Crippen LogP contribution in [0.4, 0.5) is 18.9 Å². The van der Waals surface area contributed by atoms with E-state index in [2.05, 4.69) is 5.32 Å². The topological polar surface area (TPSA) is 17.0 Å². The van der Waals surface area contributed by atoms with Crippen LogP contribution in [-0.4, -0.2) is 11.1 Å². The normalized spacial score (nSPS) is 11.8. The molecule has 1 aromatic heterocycles. The molecular weight excluding hydrogens is 313 g/mol. The van der Waals surface area contributed by atoms with Crippen molar-refractivity contribution in [2.24, 2.45) is 0 Å². The van der Waals surface area contributed by atoms with Crippen LogP contribution in [0.25, 0.3) is 10.9 Å². The molecule has 0 atom stereocenters. The summed E-state index contributed by atoms with van der Waals surface area (Å²) in [6.07, 6.45) is -3.56. The molecule has 0 aliphatic carbocycles. The molecule has 0 aliphatic rings. The Morgan fingerprint density at radius 3 is 2.25 bits per heavy atom. The van der Waals surface area contributed by atoms with Crippen molar-refractivity contribution in [1.29, 1.82) is 0 Å². The van der Waals surface area contributed by atoms with E-state index >= 15 is 0 Å². The average Bonchev–Trinajstić information content (AvgIpc) is 2.88. The minimum atomic E-state index is -4.45. The summed E-state index contributed by atoms with van der Waals surface area (Å²) >= 11 is 0. The van der Waals surface area contributed by atoms with Crippen LogP contribution in [-0.2, 0) is 19.1 Å². The van der Waals surface area contributed by atoms with Crippen LogP contribution < -0.4 is 5.32 Å². The van der Waals surface area contributed by atoms with Gasteiger partial charge in [0.05, 0.1) is 16.9 Å². The summed E-state index contributed by atoms with van der Waals surface area (Å²) in [5, 5.41) is 3.74. The predicted octanol–water partition coefficient (Wildman–Crippen LogP) is 5.33. The van der Waals surface area contributed by atoms with Crippen LogP contribution in [0.15, 0.2) is 54.6 Å². The molecule has 3 rings (SSSR count). The molecule has 0 radical (unpaired) electrons. The summed E-state index contributed by atoms with van der Waals surface area (Å²) in [5.74, 6) is 0. The number of nitrogens with one attached hydrogen (secondary N) is 1. The van der Waals surface area contributed by atoms with E-state index < -0.39 is 6.30 Å². The average molecular weight is 332 g/mol. The molecule has 0 unspecified atom stereocenters. The highest BCUT2D eigenvalue weighted by molar-refractivity contribution is 5.95. The van der Waals surface area contributed by atoms with E-state index in [9.17, 15) is 13.2 Å². The Labute approximate surface area is 138 Å². The maximum Gasteiger partial charge on any atom is 0.489 e. The summed E-state index contributed by atoms with van der Waals surface area (Å²) < 4.78 is 41.6. The third-order valence-electron chi connectivity index (χ3n) is 4.07. The van der Waals surface area contributed by atoms with Gasteiger partial charge in [-0.15, -0.1) is 13.2 Å². The van der Waals surface area contributed by atoms with Crippen LogP contribution in [0.3, 0.4) is 0 Å². The fourth-order valence-corrected chi connectivity index (χ4v) is 3.10. The quantitative estimate of drug-likeness (QED) is 0.668. The predicted molar refractivity (Wildman–Crippen MR) is 91.2 cm³/mol. The van der Waals surface area contributed by atoms with Gasteiger partial charge in [0.2, 0.25) is 0 Å². The summed E-state index contributed by atoms with van der Waals surface area (Å²) in [6.45, 7) is 2.46. The SMILES string of the molecule is CCNc1c(CCc2ccccc2)n(C(F)(F)F)c2ccccc12. The fourth-order valence-electron chi connectivity index (χ4n) is 3.10. The molecule has 1 heterocycles. The number of benzene rings is 2. The van der Waals surface area contributed by atoms with E-state index in [0.29, 0.717) is 35.0 Å². The van der Waals surface area contributed by atoms with Gasteiger partial charge in [-0.3, -0.25) is 4.57 Å². The van der Waals surface area contributed by atoms with Crippen LogP contribution in [0.2, 0.25) is 0 Å². The largest absolute Gasteiger partial charge is 0.489 e. The molecular formula is C19H19F3N2. The number of hydrogen-bond acceptors (Lipinski definition) is 1. The van der Waals surface area contributed by atoms with Gasteiger partial charge in [0.15, 0.2) is 0 Å². The number of rotatable bonds is 5. The van der Waals surface area contributed by atoms with Gasteiger partial charge in [-0.25, -0.2) is 0 Å². The number of halogens is 3. The molecule has 0 fully saturated rings. The van der Waals surface area contributed by atoms with Crippen LogP contribution >= 0.6 is 0 Å². The monoisotopic (exact) mass is 332 g/mol. The Bertz CT molecular complexity index is 820. The first-order valence-electron chi connectivity index (χ1n) is 7.99. The molecule has 3 aromatic rings. The highest BCUT2D eigenvalue weighted by atomic mass is 19.4. The van der Waals surface area contributed by atoms with Crippen molar-refractivity contribution in [2.75, 3.05) is 11.9 Å². The molecule has 2 aromatic carbocycles. The number of hydrogen-bond donors (Lipinski definition) is 1. The van der Waals surface area contributed by atoms with Crippen LogP contribution in [0.1, 0.15) is 18.2 Å². The minimum absolute atomic E-state index is 0.198. The zero-order valence-electron chi connectivity index (χ0n) is 13.4. The standard InChI is InChI=1S/C19H19F3N2/c1-2-23-18-15-10-6-7-11-16(15)24(19(20,21)22)17(18)13-12-14-8-4-3-5-9-14/h3-11,23H,2,12-13H2,1H3. The number of aryl methyl sites for hydroxylation is 1. The number of anilines is 1. The molecule has 2 nitrogen and oxygen atoms in total. The molecule has 0 bridgehead atoms. The van der Waals surface area contributed by atoms with Gasteiger partial charge in [-0.05, 0) is 31.4 Å². The molecule has 126 valence electrons. The summed E-state index contributed by atoms with van der Waals surface area (Å²) in [5.41, 5.74) is 2.10. The number of para-hydroxylation sites is 1. The van der Waals surface area contributed by atoms with E-state index in [0.717, 1.165) is 5.56 Å². The molecule has 24 heavy (non-hydrogen) atoms. The minimum Gasteiger partial charge on any atom is -0.383 e. The second-order valence-corrected chi connectivity index (χ2v) is 5.66. The highest BCUT2D eigenvalue weighted by Gasteiger charge is 2.36. The van der Waals surface area contributed by atoms with Gasteiger partial charge in [0.1, 0.15) is 0 Å². The smallest absolute Gasteiger partial charge is 0.383 e. The molecule has 0 aliphatic heterocycles. The third-order valence-corrected chi connectivity index (χ3v) is 4.07. The Kier molecular flexibility index (Phi) is 4.51. The molecule has 5 heteroatoms. The molecule has 1 N–H and O–H groups in total. The lowest BCUT2D eigenvalue weighted by molar-refractivity contribution is -0.202. The van der Waals surface area contributed by atoms with Gasteiger partial charge >= 0.3 is 6.30 Å². The maximum absolute atomic E-state index is 13.7. The number of aromatic nitrogens is 1. The Hall–Kier alpha value is -2.43. The summed E-state index contributed by atoms with van der Waals surface area (Å²) in [4.78, 5) is 0. The highest BCUT2D eigenvalue weighted by Crippen LogP contribution is 2.38. The van der Waals surface area contributed by atoms with Crippen molar-refractivity contribution in [3.63, 3.8) is 0 Å². The zero-order chi connectivity index (χ0) is 17.2. The van der Waals surface area contributed by atoms with E-state index in [-0.39, 0.29) is 11.2 Å². The second-order valence-electron chi connectivity index (χ2n) is 5.66. The second kappa shape index (κ2) is 6.59. The van der Waals surface area contributed by atoms with Gasteiger partial charge in [-0.1, -0.05) is 48.5 Å². The lowest BCUT2D eigenvalue weighted by atomic mass is 10.1. The van der Waals surface area contributed by atoms with E-state index in [4.69, 9.17) is 0 Å². The van der Waals surface area contributed by atoms with E-state index in [1.807, 2.05) is 37.3 Å². The fraction of sp³-hybridized carbons (Fsp3) is 0.263. The number of nitrogens with zero attached hydrogens (tertiary/aromatic N) is 1. The van der Waals surface area contributed by atoms with Crippen molar-refractivity contribution >= 4 is 16.6 Å². The first-order chi connectivity index (χ1) is 11.5. The maximum atomic E-state index is 13.7. The Balaban J connectivity index is 2.11. The Morgan fingerprint density at radius 1 is 0.917 bits per heavy atom. The van der Waals surface area contributed by atoms with Crippen molar-refractivity contribution in [1.82, 2.24) is 4.57 Å². The van der Waals surface area contributed by atoms with Gasteiger partial charge in [-0.2, -0.15) is 0 Å². The first kappa shape index (κ1) is 16.4. The Morgan fingerprint density at radius 2 is 1.58 bits per heavy atom. The summed E-state index contributed by atoms with van der Waals surface area (Å²) in [7, 11) is 0. The van der Waals surface area contributed by atoms with Gasteiger partial charge in [0.25, 0.3) is 0 Å². The van der Waals surface area contributed by atoms with E-state index in [1.54, 1.807) is 18.2 Å². The molecule has 0 saturated carbocycles. The van der Waals surface area contributed by atoms with Crippen molar-refractivity contribution in [2.45, 2.75) is 26.1 Å². The van der Waals surface area contributed by atoms with E-state index in [1.165, 1.54) is 6.07 Å². The molecule has 0 amide bonds. The lowest BCUT2D eigenvalue weighted by Crippen LogP contribution is -2.20.